The first-order valence-electron chi connectivity index (χ1n) is 10.4. The van der Waals surface area contributed by atoms with Gasteiger partial charge in [0.25, 0.3) is 0 Å². The smallest absolute Gasteiger partial charge is 0.313 e. The predicted octanol–water partition coefficient (Wildman–Crippen LogP) is 5.64. The van der Waals surface area contributed by atoms with Gasteiger partial charge in [-0.05, 0) is 43.2 Å². The predicted molar refractivity (Wildman–Crippen MR) is 108 cm³/mol. The van der Waals surface area contributed by atoms with Gasteiger partial charge in [-0.1, -0.05) is 76.6 Å². The minimum atomic E-state index is -0.199. The molecule has 1 aromatic rings. The molecule has 0 aliphatic heterocycles. The highest BCUT2D eigenvalue weighted by atomic mass is 16.5. The number of unbranched alkanes of at least 4 members (excludes halogenated alkanes) is 7. The summed E-state index contributed by atoms with van der Waals surface area (Å²) in [6.07, 6.45) is 10.1. The number of carbonyl (C=O) groups is 1. The molecule has 0 aliphatic carbocycles. The van der Waals surface area contributed by atoms with Gasteiger partial charge in [0.1, 0.15) is 0 Å². The number of aliphatic hydroxyl groups excluding tert-OH is 1. The van der Waals surface area contributed by atoms with Gasteiger partial charge in [0.05, 0.1) is 12.5 Å². The fourth-order valence-corrected chi connectivity index (χ4v) is 3.12. The van der Waals surface area contributed by atoms with E-state index in [1.54, 1.807) is 0 Å². The van der Waals surface area contributed by atoms with Crippen molar-refractivity contribution in [2.24, 2.45) is 5.92 Å². The summed E-state index contributed by atoms with van der Waals surface area (Å²) in [5.41, 5.74) is 2.35. The Kier molecular flexibility index (Phi) is 12.0. The zero-order chi connectivity index (χ0) is 19.2. The number of aliphatic hydroxyl groups is 1. The van der Waals surface area contributed by atoms with E-state index in [1.165, 1.54) is 31.2 Å². The zero-order valence-corrected chi connectivity index (χ0v) is 17.0. The molecule has 1 rings (SSSR count). The first-order chi connectivity index (χ1) is 12.5. The second kappa shape index (κ2) is 13.8. The molecular formula is C23H38O3. The van der Waals surface area contributed by atoms with Gasteiger partial charge in [0.15, 0.2) is 0 Å². The molecule has 1 atom stereocenters. The number of benzene rings is 1. The van der Waals surface area contributed by atoms with Crippen molar-refractivity contribution in [3.63, 3.8) is 0 Å². The molecule has 3 heteroatoms. The third-order valence-corrected chi connectivity index (χ3v) is 4.77. The summed E-state index contributed by atoms with van der Waals surface area (Å²) in [4.78, 5) is 12.2. The van der Waals surface area contributed by atoms with Gasteiger partial charge in [-0.2, -0.15) is 0 Å². The van der Waals surface area contributed by atoms with Gasteiger partial charge in [-0.3, -0.25) is 4.79 Å². The lowest BCUT2D eigenvalue weighted by Gasteiger charge is -2.13. The molecule has 0 aliphatic rings. The molecular weight excluding hydrogens is 324 g/mol. The lowest BCUT2D eigenvalue weighted by atomic mass is 9.97. The van der Waals surface area contributed by atoms with E-state index in [0.29, 0.717) is 19.1 Å². The van der Waals surface area contributed by atoms with Crippen LogP contribution in [0.3, 0.4) is 0 Å². The molecule has 1 unspecified atom stereocenters. The summed E-state index contributed by atoms with van der Waals surface area (Å²) in [5.74, 6) is 0.323. The Morgan fingerprint density at radius 2 is 1.42 bits per heavy atom. The van der Waals surface area contributed by atoms with Gasteiger partial charge < -0.3 is 9.84 Å². The molecule has 0 fully saturated rings. The van der Waals surface area contributed by atoms with E-state index < -0.39 is 0 Å². The standard InChI is InChI=1S/C23H38O3/c1-19(2)18-21-12-14-22(15-13-21)20(3)23(25)26-17-11-9-7-5-4-6-8-10-16-24/h12-15,19-20,24H,4-11,16-18H2,1-3H3. The molecule has 1 N–H and O–H groups in total. The molecule has 0 amide bonds. The maximum absolute atomic E-state index is 12.2. The summed E-state index contributed by atoms with van der Waals surface area (Å²) in [6, 6.07) is 8.36. The highest BCUT2D eigenvalue weighted by Crippen LogP contribution is 2.19. The van der Waals surface area contributed by atoms with Gasteiger partial charge in [0, 0.05) is 6.61 Å². The van der Waals surface area contributed by atoms with Crippen molar-refractivity contribution in [3.05, 3.63) is 35.4 Å². The van der Waals surface area contributed by atoms with E-state index in [2.05, 4.69) is 38.1 Å². The van der Waals surface area contributed by atoms with Crippen LogP contribution in [0.2, 0.25) is 0 Å². The Hall–Kier alpha value is -1.35. The summed E-state index contributed by atoms with van der Waals surface area (Å²) in [5, 5.41) is 8.72. The highest BCUT2D eigenvalue weighted by Gasteiger charge is 2.16. The summed E-state index contributed by atoms with van der Waals surface area (Å²) in [7, 11) is 0. The van der Waals surface area contributed by atoms with Crippen molar-refractivity contribution >= 4 is 5.97 Å². The molecule has 0 heterocycles. The van der Waals surface area contributed by atoms with Crippen LogP contribution >= 0.6 is 0 Å². The van der Waals surface area contributed by atoms with Crippen LogP contribution in [0.4, 0.5) is 0 Å². The zero-order valence-electron chi connectivity index (χ0n) is 17.0. The SMILES string of the molecule is CC(C)Cc1ccc(C(C)C(=O)OCCCCCCCCCCO)cc1. The minimum absolute atomic E-state index is 0.120. The van der Waals surface area contributed by atoms with Crippen LogP contribution in [-0.4, -0.2) is 24.3 Å². The number of carbonyl (C=O) groups excluding carboxylic acids is 1. The maximum Gasteiger partial charge on any atom is 0.313 e. The largest absolute Gasteiger partial charge is 0.465 e. The van der Waals surface area contributed by atoms with Crippen molar-refractivity contribution in [1.82, 2.24) is 0 Å². The summed E-state index contributed by atoms with van der Waals surface area (Å²) >= 11 is 0. The van der Waals surface area contributed by atoms with Crippen molar-refractivity contribution in [3.8, 4) is 0 Å². The van der Waals surface area contributed by atoms with Crippen LogP contribution in [0.15, 0.2) is 24.3 Å². The topological polar surface area (TPSA) is 46.5 Å². The molecule has 3 nitrogen and oxygen atoms in total. The van der Waals surface area contributed by atoms with Gasteiger partial charge in [0.2, 0.25) is 0 Å². The molecule has 148 valence electrons. The van der Waals surface area contributed by atoms with E-state index in [0.717, 1.165) is 37.7 Å². The van der Waals surface area contributed by atoms with E-state index in [1.807, 2.05) is 6.92 Å². The third-order valence-electron chi connectivity index (χ3n) is 4.77. The molecule has 0 bridgehead atoms. The van der Waals surface area contributed by atoms with Crippen LogP contribution < -0.4 is 0 Å². The van der Waals surface area contributed by atoms with Crippen LogP contribution in [-0.2, 0) is 16.0 Å². The first kappa shape index (κ1) is 22.7. The second-order valence-electron chi connectivity index (χ2n) is 7.78. The second-order valence-corrected chi connectivity index (χ2v) is 7.78. The van der Waals surface area contributed by atoms with Crippen LogP contribution in [0, 0.1) is 5.92 Å². The third kappa shape index (κ3) is 9.96. The maximum atomic E-state index is 12.2. The van der Waals surface area contributed by atoms with Gasteiger partial charge in [-0.15, -0.1) is 0 Å². The summed E-state index contributed by atoms with van der Waals surface area (Å²) < 4.78 is 5.45. The average molecular weight is 363 g/mol. The fraction of sp³-hybridized carbons (Fsp3) is 0.696. The molecule has 0 saturated heterocycles. The lowest BCUT2D eigenvalue weighted by molar-refractivity contribution is -0.145. The number of rotatable bonds is 14. The van der Waals surface area contributed by atoms with E-state index >= 15 is 0 Å². The molecule has 26 heavy (non-hydrogen) atoms. The Morgan fingerprint density at radius 1 is 0.885 bits per heavy atom. The number of hydrogen-bond donors (Lipinski definition) is 1. The van der Waals surface area contributed by atoms with Crippen molar-refractivity contribution in [2.45, 2.75) is 84.5 Å². The Morgan fingerprint density at radius 3 is 1.96 bits per heavy atom. The number of esters is 1. The normalized spacial score (nSPS) is 12.3. The molecule has 0 saturated carbocycles. The quantitative estimate of drug-likeness (QED) is 0.344. The summed E-state index contributed by atoms with van der Waals surface area (Å²) in [6.45, 7) is 7.19. The molecule has 0 aromatic heterocycles. The molecule has 0 spiro atoms. The van der Waals surface area contributed by atoms with Crippen molar-refractivity contribution < 1.29 is 14.6 Å². The van der Waals surface area contributed by atoms with Crippen LogP contribution in [0.1, 0.15) is 89.2 Å². The van der Waals surface area contributed by atoms with E-state index in [9.17, 15) is 4.79 Å². The Bertz CT molecular complexity index is 479. The van der Waals surface area contributed by atoms with Crippen LogP contribution in [0.25, 0.3) is 0 Å². The fourth-order valence-electron chi connectivity index (χ4n) is 3.12. The first-order valence-corrected chi connectivity index (χ1v) is 10.4. The van der Waals surface area contributed by atoms with E-state index in [4.69, 9.17) is 9.84 Å². The lowest BCUT2D eigenvalue weighted by Crippen LogP contribution is -2.14. The Balaban J connectivity index is 2.14. The number of hydrogen-bond acceptors (Lipinski definition) is 3. The Labute approximate surface area is 160 Å². The minimum Gasteiger partial charge on any atom is -0.465 e. The van der Waals surface area contributed by atoms with Gasteiger partial charge in [-0.25, -0.2) is 0 Å². The monoisotopic (exact) mass is 362 g/mol. The van der Waals surface area contributed by atoms with Gasteiger partial charge >= 0.3 is 5.97 Å². The molecule has 1 aromatic carbocycles. The van der Waals surface area contributed by atoms with Crippen molar-refractivity contribution in [2.75, 3.05) is 13.2 Å². The highest BCUT2D eigenvalue weighted by molar-refractivity contribution is 5.77. The van der Waals surface area contributed by atoms with Crippen LogP contribution in [0.5, 0.6) is 0 Å². The number of ether oxygens (including phenoxy) is 1. The average Bonchev–Trinajstić information content (AvgIpc) is 2.62. The van der Waals surface area contributed by atoms with Crippen molar-refractivity contribution in [1.29, 1.82) is 0 Å². The molecule has 0 radical (unpaired) electrons. The van der Waals surface area contributed by atoms with E-state index in [-0.39, 0.29) is 11.9 Å².